The molecule has 1 aliphatic carbocycles. The van der Waals surface area contributed by atoms with E-state index in [4.69, 9.17) is 11.6 Å². The topological polar surface area (TPSA) is 80.1 Å². The van der Waals surface area contributed by atoms with Crippen molar-refractivity contribution >= 4 is 35.3 Å². The lowest BCUT2D eigenvalue weighted by Crippen LogP contribution is -2.32. The van der Waals surface area contributed by atoms with Crippen molar-refractivity contribution in [2.24, 2.45) is 0 Å². The lowest BCUT2D eigenvalue weighted by molar-refractivity contribution is -0.124. The highest BCUT2D eigenvalue weighted by molar-refractivity contribution is 7.99. The molecule has 0 bridgehead atoms. The van der Waals surface area contributed by atoms with Crippen LogP contribution in [0.25, 0.3) is 11.4 Å². The molecule has 2 aromatic rings. The Morgan fingerprint density at radius 2 is 1.96 bits per heavy atom. The molecule has 0 atom stereocenters. The van der Waals surface area contributed by atoms with E-state index in [-0.39, 0.29) is 18.5 Å². The Labute approximate surface area is 166 Å². The average Bonchev–Trinajstić information content (AvgIpc) is 3.38. The Morgan fingerprint density at radius 1 is 1.19 bits per heavy atom. The molecule has 27 heavy (non-hydrogen) atoms. The van der Waals surface area contributed by atoms with Crippen LogP contribution in [-0.4, -0.2) is 50.4 Å². The molecule has 1 aliphatic heterocycles. The van der Waals surface area contributed by atoms with Crippen molar-refractivity contribution in [3.8, 4) is 11.4 Å². The summed E-state index contributed by atoms with van der Waals surface area (Å²) in [4.78, 5) is 24.6. The number of carbonyl (C=O) groups excluding carboxylic acids is 2. The second-order valence-corrected chi connectivity index (χ2v) is 8.12. The number of aromatic nitrogens is 3. The third-order valence-corrected chi connectivity index (χ3v) is 6.21. The van der Waals surface area contributed by atoms with E-state index in [1.807, 2.05) is 24.3 Å². The normalized spacial score (nSPS) is 17.7. The maximum atomic E-state index is 11.7. The fraction of sp³-hybridized carbons (Fsp3) is 0.444. The number of benzene rings is 1. The Hall–Kier alpha value is -2.06. The molecule has 1 N–H and O–H groups in total. The maximum Gasteiger partial charge on any atom is 0.324 e. The predicted octanol–water partition coefficient (Wildman–Crippen LogP) is 3.36. The number of urea groups is 1. The van der Waals surface area contributed by atoms with E-state index in [2.05, 4.69) is 20.1 Å². The number of amides is 3. The van der Waals surface area contributed by atoms with E-state index >= 15 is 0 Å². The van der Waals surface area contributed by atoms with Gasteiger partial charge in [-0.1, -0.05) is 48.3 Å². The second kappa shape index (κ2) is 7.90. The molecule has 0 unspecified atom stereocenters. The predicted molar refractivity (Wildman–Crippen MR) is 104 cm³/mol. The van der Waals surface area contributed by atoms with Gasteiger partial charge in [-0.15, -0.1) is 10.2 Å². The molecule has 1 saturated carbocycles. The highest BCUT2D eigenvalue weighted by Crippen LogP contribution is 2.38. The Bertz CT molecular complexity index is 849. The van der Waals surface area contributed by atoms with Gasteiger partial charge in [0.15, 0.2) is 11.0 Å². The number of nitrogens with one attached hydrogen (secondary N) is 1. The largest absolute Gasteiger partial charge is 0.329 e. The SMILES string of the molecule is O=C1CNC(=O)N1CCSc1nnc(-c2ccccc2Cl)n1C1CCCC1. The third kappa shape index (κ3) is 3.68. The van der Waals surface area contributed by atoms with Crippen LogP contribution in [0.2, 0.25) is 5.02 Å². The maximum absolute atomic E-state index is 11.7. The van der Waals surface area contributed by atoms with Crippen LogP contribution < -0.4 is 5.32 Å². The smallest absolute Gasteiger partial charge is 0.324 e. The Kier molecular flexibility index (Phi) is 5.36. The zero-order chi connectivity index (χ0) is 18.8. The minimum atomic E-state index is -0.324. The first-order chi connectivity index (χ1) is 13.1. The van der Waals surface area contributed by atoms with Gasteiger partial charge in [-0.3, -0.25) is 14.3 Å². The number of rotatable bonds is 6. The number of nitrogens with zero attached hydrogens (tertiary/aromatic N) is 4. The summed E-state index contributed by atoms with van der Waals surface area (Å²) in [7, 11) is 0. The number of carbonyl (C=O) groups is 2. The number of hydrogen-bond donors (Lipinski definition) is 1. The molecule has 142 valence electrons. The fourth-order valence-corrected chi connectivity index (χ4v) is 4.75. The van der Waals surface area contributed by atoms with Gasteiger partial charge in [-0.25, -0.2) is 4.79 Å². The highest BCUT2D eigenvalue weighted by Gasteiger charge is 2.29. The summed E-state index contributed by atoms with van der Waals surface area (Å²) in [5.74, 6) is 1.17. The van der Waals surface area contributed by atoms with Gasteiger partial charge in [0.2, 0.25) is 5.91 Å². The molecule has 3 amide bonds. The number of halogens is 1. The van der Waals surface area contributed by atoms with Crippen LogP contribution in [0.1, 0.15) is 31.7 Å². The highest BCUT2D eigenvalue weighted by atomic mass is 35.5. The molecular formula is C18H20ClN5O2S. The van der Waals surface area contributed by atoms with E-state index in [0.29, 0.717) is 23.4 Å². The van der Waals surface area contributed by atoms with Crippen molar-refractivity contribution < 1.29 is 9.59 Å². The molecule has 1 aromatic heterocycles. The standard InChI is InChI=1S/C18H20ClN5O2S/c19-14-8-4-3-7-13(14)16-21-22-18(24(16)12-5-1-2-6-12)27-10-9-23-15(25)11-20-17(23)26/h3-4,7-8,12H,1-2,5-6,9-11H2,(H,20,26). The third-order valence-electron chi connectivity index (χ3n) is 4.95. The molecule has 7 nitrogen and oxygen atoms in total. The van der Waals surface area contributed by atoms with E-state index in [9.17, 15) is 9.59 Å². The fourth-order valence-electron chi connectivity index (χ4n) is 3.60. The van der Waals surface area contributed by atoms with Crippen molar-refractivity contribution in [2.75, 3.05) is 18.8 Å². The summed E-state index contributed by atoms with van der Waals surface area (Å²) < 4.78 is 2.19. The van der Waals surface area contributed by atoms with Crippen molar-refractivity contribution in [3.05, 3.63) is 29.3 Å². The zero-order valence-corrected chi connectivity index (χ0v) is 16.3. The average molecular weight is 406 g/mol. The molecule has 0 radical (unpaired) electrons. The van der Waals surface area contributed by atoms with Crippen molar-refractivity contribution in [3.63, 3.8) is 0 Å². The summed E-state index contributed by atoms with van der Waals surface area (Å²) >= 11 is 7.91. The Balaban J connectivity index is 1.56. The first-order valence-corrected chi connectivity index (χ1v) is 10.4. The summed E-state index contributed by atoms with van der Waals surface area (Å²) in [5.41, 5.74) is 0.875. The van der Waals surface area contributed by atoms with Gasteiger partial charge in [0.25, 0.3) is 0 Å². The lowest BCUT2D eigenvalue weighted by Gasteiger charge is -2.18. The molecule has 1 saturated heterocycles. The van der Waals surface area contributed by atoms with Crippen LogP contribution in [0.4, 0.5) is 4.79 Å². The van der Waals surface area contributed by atoms with Gasteiger partial charge < -0.3 is 5.32 Å². The van der Waals surface area contributed by atoms with Gasteiger partial charge in [-0.05, 0) is 25.0 Å². The first-order valence-electron chi connectivity index (χ1n) is 9.06. The molecule has 0 spiro atoms. The van der Waals surface area contributed by atoms with Crippen molar-refractivity contribution in [1.82, 2.24) is 25.0 Å². The van der Waals surface area contributed by atoms with Gasteiger partial charge in [0, 0.05) is 23.9 Å². The van der Waals surface area contributed by atoms with Crippen LogP contribution in [0.15, 0.2) is 29.4 Å². The quantitative estimate of drug-likeness (QED) is 0.588. The summed E-state index contributed by atoms with van der Waals surface area (Å²) in [6, 6.07) is 7.68. The van der Waals surface area contributed by atoms with Crippen LogP contribution >= 0.6 is 23.4 Å². The summed E-state index contributed by atoms with van der Waals surface area (Å²) in [6.07, 6.45) is 4.57. The number of imide groups is 1. The number of hydrogen-bond acceptors (Lipinski definition) is 5. The summed E-state index contributed by atoms with van der Waals surface area (Å²) in [6.45, 7) is 0.437. The van der Waals surface area contributed by atoms with Crippen LogP contribution in [0, 0.1) is 0 Å². The van der Waals surface area contributed by atoms with E-state index in [0.717, 1.165) is 29.4 Å². The number of thioether (sulfide) groups is 1. The second-order valence-electron chi connectivity index (χ2n) is 6.65. The van der Waals surface area contributed by atoms with E-state index in [1.165, 1.54) is 29.5 Å². The van der Waals surface area contributed by atoms with Crippen molar-refractivity contribution in [1.29, 1.82) is 0 Å². The minimum absolute atomic E-state index is 0.0818. The Morgan fingerprint density at radius 3 is 2.67 bits per heavy atom. The lowest BCUT2D eigenvalue weighted by atomic mass is 10.2. The van der Waals surface area contributed by atoms with Gasteiger partial charge in [0.1, 0.15) is 0 Å². The molecule has 2 aliphatic rings. The van der Waals surface area contributed by atoms with E-state index in [1.54, 1.807) is 0 Å². The van der Waals surface area contributed by atoms with Gasteiger partial charge >= 0.3 is 6.03 Å². The van der Waals surface area contributed by atoms with Crippen LogP contribution in [0.3, 0.4) is 0 Å². The molecule has 2 heterocycles. The summed E-state index contributed by atoms with van der Waals surface area (Å²) in [5, 5.41) is 12.8. The van der Waals surface area contributed by atoms with Gasteiger partial charge in [0.05, 0.1) is 11.6 Å². The first kappa shape index (κ1) is 18.3. The monoisotopic (exact) mass is 405 g/mol. The zero-order valence-electron chi connectivity index (χ0n) is 14.7. The molecule has 2 fully saturated rings. The minimum Gasteiger partial charge on any atom is -0.329 e. The molecule has 4 rings (SSSR count). The van der Waals surface area contributed by atoms with E-state index < -0.39 is 0 Å². The van der Waals surface area contributed by atoms with Gasteiger partial charge in [-0.2, -0.15) is 0 Å². The molecule has 9 heteroatoms. The molecular weight excluding hydrogens is 386 g/mol. The van der Waals surface area contributed by atoms with Crippen LogP contribution in [0.5, 0.6) is 0 Å². The van der Waals surface area contributed by atoms with Crippen LogP contribution in [-0.2, 0) is 4.79 Å². The molecule has 1 aromatic carbocycles. The van der Waals surface area contributed by atoms with Crippen molar-refractivity contribution in [2.45, 2.75) is 36.9 Å².